The molecule has 1 aromatic carbocycles. The number of rotatable bonds is 6. The summed E-state index contributed by atoms with van der Waals surface area (Å²) in [5, 5.41) is 9.80. The smallest absolute Gasteiger partial charge is 0.304 e. The number of carbonyl (C=O) groups is 1. The third-order valence-corrected chi connectivity index (χ3v) is 3.61. The molecule has 0 unspecified atom stereocenters. The third-order valence-electron chi connectivity index (χ3n) is 2.75. The first-order valence-electron chi connectivity index (χ1n) is 5.80. The van der Waals surface area contributed by atoms with Crippen molar-refractivity contribution in [3.8, 4) is 0 Å². The molecule has 0 spiro atoms. The number of nitrogens with zero attached hydrogens (tertiary/aromatic N) is 1. The topological polar surface area (TPSA) is 40.5 Å². The van der Waals surface area contributed by atoms with Crippen LogP contribution >= 0.6 is 23.2 Å². The van der Waals surface area contributed by atoms with Crippen LogP contribution in [0, 0.1) is 0 Å². The fourth-order valence-corrected chi connectivity index (χ4v) is 2.03. The first kappa shape index (κ1) is 15.3. The van der Waals surface area contributed by atoms with Gasteiger partial charge in [0.15, 0.2) is 0 Å². The summed E-state index contributed by atoms with van der Waals surface area (Å²) in [6.45, 7) is 5.15. The van der Waals surface area contributed by atoms with Gasteiger partial charge in [0, 0.05) is 19.1 Å². The third kappa shape index (κ3) is 4.48. The lowest BCUT2D eigenvalue weighted by Gasteiger charge is -2.26. The first-order chi connectivity index (χ1) is 8.41. The van der Waals surface area contributed by atoms with Gasteiger partial charge in [-0.3, -0.25) is 9.69 Å². The normalized spacial score (nSPS) is 11.2. The molecule has 0 aliphatic heterocycles. The van der Waals surface area contributed by atoms with E-state index in [2.05, 4.69) is 4.90 Å². The minimum absolute atomic E-state index is 0.121. The molecule has 1 N–H and O–H groups in total. The van der Waals surface area contributed by atoms with Gasteiger partial charge in [0.2, 0.25) is 0 Å². The predicted octanol–water partition coefficient (Wildman–Crippen LogP) is 3.68. The molecule has 0 aliphatic carbocycles. The van der Waals surface area contributed by atoms with Crippen LogP contribution in [0.3, 0.4) is 0 Å². The summed E-state index contributed by atoms with van der Waals surface area (Å²) in [5.74, 6) is -0.794. The van der Waals surface area contributed by atoms with Crippen LogP contribution in [0.1, 0.15) is 25.8 Å². The van der Waals surface area contributed by atoms with E-state index in [1.165, 1.54) is 0 Å². The molecule has 0 saturated carbocycles. The molecule has 0 atom stereocenters. The minimum Gasteiger partial charge on any atom is -0.481 e. The Morgan fingerprint density at radius 3 is 2.61 bits per heavy atom. The standard InChI is InChI=1S/C13H17Cl2NO2/c1-9(2)16(7-6-12(17)18)8-10-4-3-5-11(14)13(10)15/h3-5,9H,6-8H2,1-2H3,(H,17,18). The molecule has 0 heterocycles. The molecule has 3 nitrogen and oxygen atoms in total. The molecule has 0 saturated heterocycles. The van der Waals surface area contributed by atoms with Crippen LogP contribution < -0.4 is 0 Å². The Kier molecular flexibility index (Phi) is 5.93. The highest BCUT2D eigenvalue weighted by molar-refractivity contribution is 6.42. The van der Waals surface area contributed by atoms with E-state index in [-0.39, 0.29) is 12.5 Å². The molecule has 5 heteroatoms. The van der Waals surface area contributed by atoms with Gasteiger partial charge in [-0.2, -0.15) is 0 Å². The van der Waals surface area contributed by atoms with E-state index in [9.17, 15) is 4.79 Å². The molecule has 1 aromatic rings. The minimum atomic E-state index is -0.794. The summed E-state index contributed by atoms with van der Waals surface area (Å²) in [7, 11) is 0. The zero-order valence-electron chi connectivity index (χ0n) is 10.5. The van der Waals surface area contributed by atoms with Gasteiger partial charge < -0.3 is 5.11 Å². The Hall–Kier alpha value is -0.770. The average Bonchev–Trinajstić information content (AvgIpc) is 2.29. The molecule has 0 radical (unpaired) electrons. The van der Waals surface area contributed by atoms with Crippen molar-refractivity contribution in [3.63, 3.8) is 0 Å². The van der Waals surface area contributed by atoms with Crippen molar-refractivity contribution in [3.05, 3.63) is 33.8 Å². The lowest BCUT2D eigenvalue weighted by atomic mass is 10.1. The summed E-state index contributed by atoms with van der Waals surface area (Å²) in [6.07, 6.45) is 0.121. The molecular weight excluding hydrogens is 273 g/mol. The highest BCUT2D eigenvalue weighted by Crippen LogP contribution is 2.26. The van der Waals surface area contributed by atoms with Gasteiger partial charge in [-0.25, -0.2) is 0 Å². The van der Waals surface area contributed by atoms with E-state index >= 15 is 0 Å². The quantitative estimate of drug-likeness (QED) is 0.868. The highest BCUT2D eigenvalue weighted by atomic mass is 35.5. The molecule has 0 bridgehead atoms. The van der Waals surface area contributed by atoms with E-state index in [1.807, 2.05) is 26.0 Å². The Labute approximate surface area is 117 Å². The van der Waals surface area contributed by atoms with E-state index in [4.69, 9.17) is 28.3 Å². The second-order valence-corrected chi connectivity index (χ2v) is 5.21. The van der Waals surface area contributed by atoms with Crippen molar-refractivity contribution in [2.75, 3.05) is 6.54 Å². The van der Waals surface area contributed by atoms with E-state index in [1.54, 1.807) is 6.07 Å². The highest BCUT2D eigenvalue weighted by Gasteiger charge is 2.14. The second kappa shape index (κ2) is 6.98. The lowest BCUT2D eigenvalue weighted by Crippen LogP contribution is -2.32. The monoisotopic (exact) mass is 289 g/mol. The predicted molar refractivity (Wildman–Crippen MR) is 74.3 cm³/mol. The molecule has 18 heavy (non-hydrogen) atoms. The van der Waals surface area contributed by atoms with Crippen molar-refractivity contribution in [1.29, 1.82) is 0 Å². The summed E-state index contributed by atoms with van der Waals surface area (Å²) in [5.41, 5.74) is 0.920. The molecule has 100 valence electrons. The van der Waals surface area contributed by atoms with Crippen LogP contribution in [0.15, 0.2) is 18.2 Å². The van der Waals surface area contributed by atoms with Crippen LogP contribution in [0.5, 0.6) is 0 Å². The van der Waals surface area contributed by atoms with Gasteiger partial charge in [0.05, 0.1) is 16.5 Å². The van der Waals surface area contributed by atoms with Crippen molar-refractivity contribution >= 4 is 29.2 Å². The number of carboxylic acid groups (broad SMARTS) is 1. The molecule has 0 aromatic heterocycles. The Bertz CT molecular complexity index is 421. The van der Waals surface area contributed by atoms with Gasteiger partial charge >= 0.3 is 5.97 Å². The maximum Gasteiger partial charge on any atom is 0.304 e. The SMILES string of the molecule is CC(C)N(CCC(=O)O)Cc1cccc(Cl)c1Cl. The fourth-order valence-electron chi connectivity index (χ4n) is 1.65. The molecule has 0 aliphatic rings. The summed E-state index contributed by atoms with van der Waals surface area (Å²) in [4.78, 5) is 12.7. The van der Waals surface area contributed by atoms with E-state index < -0.39 is 5.97 Å². The van der Waals surface area contributed by atoms with Crippen molar-refractivity contribution < 1.29 is 9.90 Å². The van der Waals surface area contributed by atoms with Crippen LogP contribution in [-0.4, -0.2) is 28.6 Å². The maximum atomic E-state index is 10.6. The summed E-state index contributed by atoms with van der Waals surface area (Å²) < 4.78 is 0. The second-order valence-electron chi connectivity index (χ2n) is 4.42. The number of hydrogen-bond donors (Lipinski definition) is 1. The Morgan fingerprint density at radius 2 is 2.06 bits per heavy atom. The number of benzene rings is 1. The first-order valence-corrected chi connectivity index (χ1v) is 6.56. The number of hydrogen-bond acceptors (Lipinski definition) is 2. The van der Waals surface area contributed by atoms with Gasteiger partial charge in [0.1, 0.15) is 0 Å². The summed E-state index contributed by atoms with van der Waals surface area (Å²) >= 11 is 12.1. The largest absolute Gasteiger partial charge is 0.481 e. The number of halogens is 2. The van der Waals surface area contributed by atoms with Gasteiger partial charge in [-0.15, -0.1) is 0 Å². The summed E-state index contributed by atoms with van der Waals surface area (Å²) in [6, 6.07) is 5.74. The van der Waals surface area contributed by atoms with Gasteiger partial charge in [-0.05, 0) is 25.5 Å². The van der Waals surface area contributed by atoms with E-state index in [0.717, 1.165) is 5.56 Å². The van der Waals surface area contributed by atoms with Crippen LogP contribution in [0.4, 0.5) is 0 Å². The zero-order valence-corrected chi connectivity index (χ0v) is 12.0. The van der Waals surface area contributed by atoms with Gasteiger partial charge in [-0.1, -0.05) is 35.3 Å². The molecular formula is C13H17Cl2NO2. The van der Waals surface area contributed by atoms with Crippen LogP contribution in [-0.2, 0) is 11.3 Å². The van der Waals surface area contributed by atoms with Crippen molar-refractivity contribution in [1.82, 2.24) is 4.90 Å². The Balaban J connectivity index is 2.77. The molecule has 1 rings (SSSR count). The lowest BCUT2D eigenvalue weighted by molar-refractivity contribution is -0.137. The molecule has 0 fully saturated rings. The van der Waals surface area contributed by atoms with Gasteiger partial charge in [0.25, 0.3) is 0 Å². The molecule has 0 amide bonds. The maximum absolute atomic E-state index is 10.6. The van der Waals surface area contributed by atoms with Crippen LogP contribution in [0.25, 0.3) is 0 Å². The van der Waals surface area contributed by atoms with Crippen molar-refractivity contribution in [2.45, 2.75) is 32.9 Å². The van der Waals surface area contributed by atoms with E-state index in [0.29, 0.717) is 23.1 Å². The number of carboxylic acids is 1. The Morgan fingerprint density at radius 1 is 1.39 bits per heavy atom. The van der Waals surface area contributed by atoms with Crippen LogP contribution in [0.2, 0.25) is 10.0 Å². The number of aliphatic carboxylic acids is 1. The fraction of sp³-hybridized carbons (Fsp3) is 0.462. The zero-order chi connectivity index (χ0) is 13.7. The average molecular weight is 290 g/mol. The van der Waals surface area contributed by atoms with Crippen molar-refractivity contribution in [2.24, 2.45) is 0 Å².